The smallest absolute Gasteiger partial charge is 0.205 e. The first kappa shape index (κ1) is 14.0. The van der Waals surface area contributed by atoms with E-state index < -0.39 is 0 Å². The third kappa shape index (κ3) is 2.49. The van der Waals surface area contributed by atoms with Crippen LogP contribution in [-0.2, 0) is 5.41 Å². The molecule has 0 spiro atoms. The van der Waals surface area contributed by atoms with E-state index >= 15 is 0 Å². The zero-order valence-corrected chi connectivity index (χ0v) is 13.1. The molecule has 1 heterocycles. The summed E-state index contributed by atoms with van der Waals surface area (Å²) in [4.78, 5) is 4.38. The van der Waals surface area contributed by atoms with Crippen molar-refractivity contribution in [3.63, 3.8) is 0 Å². The molecule has 0 saturated heterocycles. The molecule has 3 nitrogen and oxygen atoms in total. The molecule has 3 rings (SSSR count). The monoisotopic (exact) mass is 299 g/mol. The molecule has 108 valence electrons. The molecule has 0 unspecified atom stereocenters. The molecule has 21 heavy (non-hydrogen) atoms. The van der Waals surface area contributed by atoms with E-state index in [0.29, 0.717) is 11.0 Å². The summed E-state index contributed by atoms with van der Waals surface area (Å²) < 4.78 is 1.94. The lowest BCUT2D eigenvalue weighted by atomic mass is 9.87. The molecule has 3 aromatic rings. The van der Waals surface area contributed by atoms with Gasteiger partial charge in [-0.15, -0.1) is 0 Å². The van der Waals surface area contributed by atoms with Crippen LogP contribution >= 0.6 is 11.6 Å². The third-order valence-corrected chi connectivity index (χ3v) is 3.87. The van der Waals surface area contributed by atoms with Crippen molar-refractivity contribution in [3.8, 4) is 5.69 Å². The van der Waals surface area contributed by atoms with E-state index in [1.807, 2.05) is 22.8 Å². The maximum absolute atomic E-state index is 6.07. The highest BCUT2D eigenvalue weighted by atomic mass is 35.5. The highest BCUT2D eigenvalue weighted by molar-refractivity contribution is 6.31. The topological polar surface area (TPSA) is 43.8 Å². The van der Waals surface area contributed by atoms with Gasteiger partial charge in [-0.05, 0) is 41.3 Å². The van der Waals surface area contributed by atoms with E-state index in [2.05, 4.69) is 50.0 Å². The Morgan fingerprint density at radius 2 is 1.71 bits per heavy atom. The molecule has 0 aliphatic rings. The average molecular weight is 300 g/mol. The van der Waals surface area contributed by atoms with Crippen molar-refractivity contribution in [1.29, 1.82) is 0 Å². The summed E-state index contributed by atoms with van der Waals surface area (Å²) >= 11 is 6.01. The Morgan fingerprint density at radius 1 is 1.05 bits per heavy atom. The van der Waals surface area contributed by atoms with E-state index in [9.17, 15) is 0 Å². The van der Waals surface area contributed by atoms with Crippen molar-refractivity contribution in [3.05, 3.63) is 53.1 Å². The van der Waals surface area contributed by atoms with E-state index in [4.69, 9.17) is 17.3 Å². The summed E-state index contributed by atoms with van der Waals surface area (Å²) in [6.45, 7) is 6.60. The second-order valence-corrected chi connectivity index (χ2v) is 6.67. The highest BCUT2D eigenvalue weighted by Gasteiger charge is 2.15. The normalized spacial score (nSPS) is 12.0. The first-order chi connectivity index (χ1) is 9.86. The van der Waals surface area contributed by atoms with Crippen LogP contribution in [0.2, 0.25) is 5.02 Å². The highest BCUT2D eigenvalue weighted by Crippen LogP contribution is 2.27. The minimum Gasteiger partial charge on any atom is -0.369 e. The Morgan fingerprint density at radius 3 is 2.33 bits per heavy atom. The van der Waals surface area contributed by atoms with E-state index in [0.717, 1.165) is 16.7 Å². The molecular weight excluding hydrogens is 282 g/mol. The SMILES string of the molecule is CC(C)(C)c1ccc(-n2c(N)nc3cc(Cl)ccc32)cc1. The number of hydrogen-bond donors (Lipinski definition) is 1. The molecule has 0 atom stereocenters. The van der Waals surface area contributed by atoms with Crippen LogP contribution in [0.4, 0.5) is 5.95 Å². The van der Waals surface area contributed by atoms with Gasteiger partial charge in [0.2, 0.25) is 5.95 Å². The summed E-state index contributed by atoms with van der Waals surface area (Å²) in [5.41, 5.74) is 10.3. The number of halogens is 1. The third-order valence-electron chi connectivity index (χ3n) is 3.63. The Hall–Kier alpha value is -2.00. The predicted molar refractivity (Wildman–Crippen MR) is 89.2 cm³/mol. The number of hydrogen-bond acceptors (Lipinski definition) is 2. The lowest BCUT2D eigenvalue weighted by Crippen LogP contribution is -2.11. The Balaban J connectivity index is 2.14. The van der Waals surface area contributed by atoms with Gasteiger partial charge in [-0.2, -0.15) is 0 Å². The van der Waals surface area contributed by atoms with Gasteiger partial charge in [0, 0.05) is 10.7 Å². The van der Waals surface area contributed by atoms with Gasteiger partial charge in [-0.25, -0.2) is 4.98 Å². The second kappa shape index (κ2) is 4.78. The summed E-state index contributed by atoms with van der Waals surface area (Å²) in [6, 6.07) is 14.0. The van der Waals surface area contributed by atoms with Crippen LogP contribution in [0.15, 0.2) is 42.5 Å². The van der Waals surface area contributed by atoms with Crippen molar-refractivity contribution < 1.29 is 0 Å². The summed E-state index contributed by atoms with van der Waals surface area (Å²) in [5.74, 6) is 0.468. The Labute approximate surface area is 129 Å². The van der Waals surface area contributed by atoms with Crippen molar-refractivity contribution >= 4 is 28.6 Å². The standard InChI is InChI=1S/C17H18ClN3/c1-17(2,3)11-4-7-13(8-5-11)21-15-9-6-12(18)10-14(15)20-16(21)19/h4-10H,1-3H3,(H2,19,20). The van der Waals surface area contributed by atoms with Gasteiger partial charge in [0.15, 0.2) is 0 Å². The molecule has 0 bridgehead atoms. The van der Waals surface area contributed by atoms with E-state index in [1.165, 1.54) is 5.56 Å². The van der Waals surface area contributed by atoms with Gasteiger partial charge in [0.1, 0.15) is 0 Å². The van der Waals surface area contributed by atoms with E-state index in [1.54, 1.807) is 0 Å². The van der Waals surface area contributed by atoms with Crippen molar-refractivity contribution in [2.24, 2.45) is 0 Å². The number of fused-ring (bicyclic) bond motifs is 1. The molecule has 0 amide bonds. The molecule has 1 aromatic heterocycles. The second-order valence-electron chi connectivity index (χ2n) is 6.24. The number of anilines is 1. The zero-order chi connectivity index (χ0) is 15.2. The van der Waals surface area contributed by atoms with Gasteiger partial charge in [0.25, 0.3) is 0 Å². The summed E-state index contributed by atoms with van der Waals surface area (Å²) in [5, 5.41) is 0.662. The number of imidazole rings is 1. The molecule has 0 radical (unpaired) electrons. The molecule has 0 aliphatic carbocycles. The number of benzene rings is 2. The number of rotatable bonds is 1. The fourth-order valence-electron chi connectivity index (χ4n) is 2.45. The predicted octanol–water partition coefficient (Wildman–Crippen LogP) is 4.56. The minimum atomic E-state index is 0.134. The number of aromatic nitrogens is 2. The van der Waals surface area contributed by atoms with Gasteiger partial charge in [0.05, 0.1) is 11.0 Å². The quantitative estimate of drug-likeness (QED) is 0.716. The fraction of sp³-hybridized carbons (Fsp3) is 0.235. The van der Waals surface area contributed by atoms with Crippen LogP contribution in [0.5, 0.6) is 0 Å². The maximum Gasteiger partial charge on any atom is 0.205 e. The van der Waals surface area contributed by atoms with Crippen LogP contribution < -0.4 is 5.73 Å². The molecule has 2 aromatic carbocycles. The lowest BCUT2D eigenvalue weighted by Gasteiger charge is -2.19. The van der Waals surface area contributed by atoms with Gasteiger partial charge >= 0.3 is 0 Å². The van der Waals surface area contributed by atoms with Gasteiger partial charge in [-0.3, -0.25) is 4.57 Å². The molecular formula is C17H18ClN3. The van der Waals surface area contributed by atoms with Crippen molar-refractivity contribution in [2.75, 3.05) is 5.73 Å². The first-order valence-electron chi connectivity index (χ1n) is 6.91. The fourth-order valence-corrected chi connectivity index (χ4v) is 2.62. The minimum absolute atomic E-state index is 0.134. The van der Waals surface area contributed by atoms with Crippen LogP contribution in [0.3, 0.4) is 0 Å². The maximum atomic E-state index is 6.07. The lowest BCUT2D eigenvalue weighted by molar-refractivity contribution is 0.590. The summed E-state index contributed by atoms with van der Waals surface area (Å²) in [7, 11) is 0. The van der Waals surface area contributed by atoms with Crippen molar-refractivity contribution in [1.82, 2.24) is 9.55 Å². The largest absolute Gasteiger partial charge is 0.369 e. The van der Waals surface area contributed by atoms with Crippen molar-refractivity contribution in [2.45, 2.75) is 26.2 Å². The molecule has 0 saturated carbocycles. The van der Waals surface area contributed by atoms with Gasteiger partial charge in [-0.1, -0.05) is 44.5 Å². The van der Waals surface area contributed by atoms with Gasteiger partial charge < -0.3 is 5.73 Å². The van der Waals surface area contributed by atoms with Crippen LogP contribution in [0.1, 0.15) is 26.3 Å². The zero-order valence-electron chi connectivity index (χ0n) is 12.4. The molecule has 0 aliphatic heterocycles. The molecule has 2 N–H and O–H groups in total. The molecule has 4 heteroatoms. The van der Waals surface area contributed by atoms with Crippen LogP contribution in [0, 0.1) is 0 Å². The molecule has 0 fully saturated rings. The first-order valence-corrected chi connectivity index (χ1v) is 7.28. The number of nitrogen functional groups attached to an aromatic ring is 1. The number of nitrogens with zero attached hydrogens (tertiary/aromatic N) is 2. The van der Waals surface area contributed by atoms with Crippen LogP contribution in [-0.4, -0.2) is 9.55 Å². The Bertz CT molecular complexity index is 795. The average Bonchev–Trinajstić information content (AvgIpc) is 2.73. The summed E-state index contributed by atoms with van der Waals surface area (Å²) in [6.07, 6.45) is 0. The van der Waals surface area contributed by atoms with E-state index in [-0.39, 0.29) is 5.41 Å². The van der Waals surface area contributed by atoms with Crippen LogP contribution in [0.25, 0.3) is 16.7 Å². The number of nitrogens with two attached hydrogens (primary N) is 1. The Kier molecular flexibility index (Phi) is 3.18.